The molecule has 0 saturated heterocycles. The number of guanidine groups is 1. The molecule has 0 aliphatic carbocycles. The molecule has 1 aliphatic rings. The van der Waals surface area contributed by atoms with Crippen LogP contribution in [0.5, 0.6) is 0 Å². The van der Waals surface area contributed by atoms with Crippen molar-refractivity contribution >= 4 is 49.5 Å². The Labute approximate surface area is 303 Å². The summed E-state index contributed by atoms with van der Waals surface area (Å²) in [6.07, 6.45) is -2.79. The number of unbranched alkanes of at least 4 members (excludes halogenated alkanes) is 2. The number of carboxylic acid groups (broad SMARTS) is 1. The minimum atomic E-state index is -5.26. The monoisotopic (exact) mass is 784 g/mol. The molecule has 24 nitrogen and oxygen atoms in total. The average Bonchev–Trinajstić information content (AvgIpc) is 3.35. The molecule has 0 radical (unpaired) electrons. The number of nitrogens with two attached hydrogens (primary N) is 4. The van der Waals surface area contributed by atoms with E-state index in [0.717, 1.165) is 0 Å². The summed E-state index contributed by atoms with van der Waals surface area (Å²) in [6, 6.07) is -3.73. The summed E-state index contributed by atoms with van der Waals surface area (Å²) in [5, 5.41) is 34.6. The normalized spacial score (nSPS) is 16.4. The SMILES string of the molecule is NCCCCC(NC(=O)C(CCCN=C(N)N)NC(=O)C(CCCCN)NOC(=O)CCC(=O)OCC(O)C1OC(=O)C(OP(=O)(O)O)=C1O)C(=O)O. The van der Waals surface area contributed by atoms with Crippen molar-refractivity contribution in [3.8, 4) is 0 Å². The van der Waals surface area contributed by atoms with Gasteiger partial charge in [0.25, 0.3) is 5.76 Å². The second-order valence-electron chi connectivity index (χ2n) is 11.5. The third-order valence-corrected chi connectivity index (χ3v) is 7.57. The van der Waals surface area contributed by atoms with Gasteiger partial charge in [0.15, 0.2) is 17.8 Å². The Kier molecular flexibility index (Phi) is 20.9. The highest BCUT2D eigenvalue weighted by Crippen LogP contribution is 2.42. The van der Waals surface area contributed by atoms with Crippen LogP contribution in [0.15, 0.2) is 16.5 Å². The first-order chi connectivity index (χ1) is 24.9. The standard InChI is InChI=1S/C28H49N8O16P/c29-11-3-1-6-16(25(42)34-15(8-5-13-33-28(31)32)24(41)35-17(26(43)44)7-2-4-12-30)36-51-20(39)10-9-19(38)49-14-18(37)22-21(40)23(27(45)50-22)52-53(46,47)48/h15-18,22,36-37,40H,1-14,29-30H2,(H,34,42)(H,35,41)(H,43,44)(H4,31,32,33)(H2,46,47,48). The van der Waals surface area contributed by atoms with Crippen molar-refractivity contribution in [2.45, 2.75) is 94.5 Å². The fourth-order valence-corrected chi connectivity index (χ4v) is 4.86. The number of aliphatic carboxylic acids is 1. The fraction of sp³-hybridized carbons (Fsp3) is 0.679. The van der Waals surface area contributed by atoms with Crippen LogP contribution in [0.3, 0.4) is 0 Å². The third kappa shape index (κ3) is 18.7. The quantitative estimate of drug-likeness (QED) is 0.00724. The zero-order valence-corrected chi connectivity index (χ0v) is 29.6. The largest absolute Gasteiger partial charge is 0.525 e. The van der Waals surface area contributed by atoms with Gasteiger partial charge in [-0.15, -0.1) is 5.48 Å². The van der Waals surface area contributed by atoms with Gasteiger partial charge in [-0.2, -0.15) is 0 Å². The number of nitrogens with one attached hydrogen (secondary N) is 3. The van der Waals surface area contributed by atoms with E-state index in [1.807, 2.05) is 0 Å². The number of ether oxygens (including phenoxy) is 2. The fourth-order valence-electron chi connectivity index (χ4n) is 4.46. The zero-order valence-electron chi connectivity index (χ0n) is 28.7. The molecule has 53 heavy (non-hydrogen) atoms. The number of cyclic esters (lactones) is 1. The predicted molar refractivity (Wildman–Crippen MR) is 179 cm³/mol. The van der Waals surface area contributed by atoms with Gasteiger partial charge < -0.3 is 67.7 Å². The van der Waals surface area contributed by atoms with E-state index in [1.165, 1.54) is 0 Å². The summed E-state index contributed by atoms with van der Waals surface area (Å²) in [5.41, 5.74) is 24.0. The van der Waals surface area contributed by atoms with Gasteiger partial charge in [-0.25, -0.2) is 14.2 Å². The lowest BCUT2D eigenvalue weighted by atomic mass is 10.1. The number of aliphatic imine (C=N–C) groups is 1. The molecular formula is C28H49N8O16P. The Balaban J connectivity index is 2.83. The Morgan fingerprint density at radius 3 is 1.98 bits per heavy atom. The molecule has 0 saturated carbocycles. The van der Waals surface area contributed by atoms with Gasteiger partial charge in [0.1, 0.15) is 30.8 Å². The Hall–Kier alpha value is -4.58. The Morgan fingerprint density at radius 1 is 0.868 bits per heavy atom. The number of carbonyl (C=O) groups is 6. The van der Waals surface area contributed by atoms with Gasteiger partial charge in [-0.05, 0) is 64.5 Å². The molecule has 5 unspecified atom stereocenters. The van der Waals surface area contributed by atoms with E-state index in [2.05, 4.69) is 30.4 Å². The van der Waals surface area contributed by atoms with E-state index in [-0.39, 0.29) is 44.7 Å². The van der Waals surface area contributed by atoms with Gasteiger partial charge >= 0.3 is 31.7 Å². The number of hydrogen-bond donors (Lipinski definition) is 12. The molecule has 16 N–H and O–H groups in total. The first kappa shape index (κ1) is 46.4. The van der Waals surface area contributed by atoms with Gasteiger partial charge in [-0.1, -0.05) is 0 Å². The number of hydroxylamine groups is 1. The minimum absolute atomic E-state index is 0.00294. The first-order valence-electron chi connectivity index (χ1n) is 16.4. The number of hydrogen-bond acceptors (Lipinski definition) is 17. The molecule has 0 aromatic carbocycles. The number of nitrogens with zero attached hydrogens (tertiary/aromatic N) is 1. The second-order valence-corrected chi connectivity index (χ2v) is 12.7. The van der Waals surface area contributed by atoms with Crippen molar-refractivity contribution < 1.29 is 77.3 Å². The third-order valence-electron chi connectivity index (χ3n) is 7.15. The molecule has 0 bridgehead atoms. The number of phosphoric acid groups is 1. The van der Waals surface area contributed by atoms with E-state index in [0.29, 0.717) is 32.2 Å². The van der Waals surface area contributed by atoms with Gasteiger partial charge in [0.2, 0.25) is 11.8 Å². The van der Waals surface area contributed by atoms with Crippen molar-refractivity contribution in [3.05, 3.63) is 11.5 Å². The summed E-state index contributed by atoms with van der Waals surface area (Å²) in [5.74, 6) is -9.03. The maximum absolute atomic E-state index is 13.3. The van der Waals surface area contributed by atoms with Crippen molar-refractivity contribution in [1.82, 2.24) is 16.1 Å². The number of amides is 2. The highest BCUT2D eigenvalue weighted by Gasteiger charge is 2.43. The number of aliphatic hydroxyl groups excluding tert-OH is 2. The van der Waals surface area contributed by atoms with Gasteiger partial charge in [-0.3, -0.25) is 34.0 Å². The lowest BCUT2D eigenvalue weighted by molar-refractivity contribution is -0.160. The van der Waals surface area contributed by atoms with E-state index in [9.17, 15) is 48.7 Å². The van der Waals surface area contributed by atoms with Crippen LogP contribution < -0.4 is 39.0 Å². The molecule has 0 aromatic rings. The van der Waals surface area contributed by atoms with Crippen LogP contribution in [0.1, 0.15) is 64.2 Å². The van der Waals surface area contributed by atoms with Crippen LogP contribution in [0.4, 0.5) is 0 Å². The molecular weight excluding hydrogens is 735 g/mol. The van der Waals surface area contributed by atoms with Crippen molar-refractivity contribution in [3.63, 3.8) is 0 Å². The number of phosphoric ester groups is 1. The maximum Gasteiger partial charge on any atom is 0.525 e. The summed E-state index contributed by atoms with van der Waals surface area (Å²) in [6.45, 7) is -0.178. The summed E-state index contributed by atoms with van der Waals surface area (Å²) < 4.78 is 24.4. The number of esters is 2. The summed E-state index contributed by atoms with van der Waals surface area (Å²) in [4.78, 5) is 101. The highest BCUT2D eigenvalue weighted by atomic mass is 31.2. The van der Waals surface area contributed by atoms with Crippen LogP contribution in [0.2, 0.25) is 0 Å². The molecule has 0 fully saturated rings. The zero-order chi connectivity index (χ0) is 40.1. The van der Waals surface area contributed by atoms with Crippen LogP contribution in [-0.2, 0) is 52.2 Å². The van der Waals surface area contributed by atoms with Gasteiger partial charge in [0.05, 0.1) is 12.8 Å². The number of carbonyl (C=O) groups excluding carboxylic acids is 5. The maximum atomic E-state index is 13.3. The second kappa shape index (κ2) is 23.9. The lowest BCUT2D eigenvalue weighted by Crippen LogP contribution is -2.55. The minimum Gasteiger partial charge on any atom is -0.505 e. The van der Waals surface area contributed by atoms with Gasteiger partial charge in [0, 0.05) is 6.54 Å². The topological polar surface area (TPSA) is 410 Å². The molecule has 1 heterocycles. The van der Waals surface area contributed by atoms with Crippen molar-refractivity contribution in [1.29, 1.82) is 0 Å². The summed E-state index contributed by atoms with van der Waals surface area (Å²) >= 11 is 0. The Morgan fingerprint density at radius 2 is 1.42 bits per heavy atom. The van der Waals surface area contributed by atoms with Crippen molar-refractivity contribution in [2.24, 2.45) is 27.9 Å². The number of aliphatic hydroxyl groups is 2. The number of rotatable bonds is 27. The molecule has 2 amide bonds. The summed E-state index contributed by atoms with van der Waals surface area (Å²) in [7, 11) is -5.26. The molecule has 302 valence electrons. The average molecular weight is 785 g/mol. The van der Waals surface area contributed by atoms with E-state index in [1.54, 1.807) is 0 Å². The highest BCUT2D eigenvalue weighted by molar-refractivity contribution is 7.46. The van der Waals surface area contributed by atoms with Crippen molar-refractivity contribution in [2.75, 3.05) is 26.2 Å². The first-order valence-corrected chi connectivity index (χ1v) is 17.9. The molecule has 0 spiro atoms. The molecule has 1 rings (SSSR count). The van der Waals surface area contributed by atoms with Crippen LogP contribution in [-0.4, -0.2) is 123 Å². The lowest BCUT2D eigenvalue weighted by Gasteiger charge is -2.24. The van der Waals surface area contributed by atoms with Crippen LogP contribution >= 0.6 is 7.82 Å². The van der Waals surface area contributed by atoms with Crippen LogP contribution in [0.25, 0.3) is 0 Å². The van der Waals surface area contributed by atoms with E-state index in [4.69, 9.17) is 42.3 Å². The van der Waals surface area contributed by atoms with Crippen LogP contribution in [0, 0.1) is 0 Å². The Bertz CT molecular complexity index is 1370. The molecule has 25 heteroatoms. The predicted octanol–water partition coefficient (Wildman–Crippen LogP) is -3.74. The molecule has 1 aliphatic heterocycles. The smallest absolute Gasteiger partial charge is 0.505 e. The molecule has 0 aromatic heterocycles. The van der Waals surface area contributed by atoms with E-state index >= 15 is 0 Å². The number of carboxylic acids is 1. The van der Waals surface area contributed by atoms with E-state index < -0.39 is 105 Å². The molecule has 5 atom stereocenters.